The maximum absolute atomic E-state index is 12.8. The minimum Gasteiger partial charge on any atom is -0.345 e. The van der Waals surface area contributed by atoms with Crippen LogP contribution in [0.2, 0.25) is 0 Å². The summed E-state index contributed by atoms with van der Waals surface area (Å²) in [6.45, 7) is 7.92. The fourth-order valence-electron chi connectivity index (χ4n) is 2.81. The van der Waals surface area contributed by atoms with E-state index in [9.17, 15) is 18.0 Å². The average molecular weight is 367 g/mol. The van der Waals surface area contributed by atoms with E-state index in [-0.39, 0.29) is 29.8 Å². The number of rotatable bonds is 4. The molecule has 1 fully saturated rings. The molecule has 1 aromatic rings. The van der Waals surface area contributed by atoms with Crippen LogP contribution in [0.4, 0.5) is 0 Å². The minimum absolute atomic E-state index is 0.196. The molecule has 0 aromatic heterocycles. The molecule has 1 aliphatic rings. The lowest BCUT2D eigenvalue weighted by molar-refractivity contribution is -0.136. The van der Waals surface area contributed by atoms with Gasteiger partial charge in [0, 0.05) is 33.1 Å². The van der Waals surface area contributed by atoms with Gasteiger partial charge in [-0.05, 0) is 44.0 Å². The molecule has 2 amide bonds. The molecular formula is C17H25N3O4S. The van der Waals surface area contributed by atoms with Gasteiger partial charge >= 0.3 is 0 Å². The van der Waals surface area contributed by atoms with E-state index in [1.807, 2.05) is 13.8 Å². The Balaban J connectivity index is 2.04. The van der Waals surface area contributed by atoms with Crippen LogP contribution in [-0.4, -0.2) is 61.7 Å². The van der Waals surface area contributed by atoms with Gasteiger partial charge < -0.3 is 10.2 Å². The van der Waals surface area contributed by atoms with E-state index >= 15 is 0 Å². The fraction of sp³-hybridized carbons (Fsp3) is 0.529. The second kappa shape index (κ2) is 7.53. The standard InChI is InChI=1S/C17H25N3O4S/c1-12-5-6-16(11-13(12)2)25(23,24)20-9-7-19(8-10-20)17(22)14(3)18-15(4)21/h5-6,11,14H,7-10H2,1-4H3,(H,18,21). The number of sulfonamides is 1. The number of hydrogen-bond donors (Lipinski definition) is 1. The molecule has 0 aliphatic carbocycles. The van der Waals surface area contributed by atoms with Gasteiger partial charge in [0.2, 0.25) is 21.8 Å². The number of hydrogen-bond acceptors (Lipinski definition) is 4. The van der Waals surface area contributed by atoms with Crippen molar-refractivity contribution < 1.29 is 18.0 Å². The second-order valence-electron chi connectivity index (χ2n) is 6.40. The van der Waals surface area contributed by atoms with E-state index in [0.717, 1.165) is 11.1 Å². The zero-order chi connectivity index (χ0) is 18.8. The predicted molar refractivity (Wildman–Crippen MR) is 94.5 cm³/mol. The van der Waals surface area contributed by atoms with E-state index < -0.39 is 16.1 Å². The van der Waals surface area contributed by atoms with E-state index in [1.54, 1.807) is 30.0 Å². The molecule has 8 heteroatoms. The van der Waals surface area contributed by atoms with Gasteiger partial charge in [0.15, 0.2) is 0 Å². The van der Waals surface area contributed by atoms with Crippen LogP contribution in [0.25, 0.3) is 0 Å². The molecule has 1 atom stereocenters. The Kier molecular flexibility index (Phi) is 5.84. The van der Waals surface area contributed by atoms with E-state index in [2.05, 4.69) is 5.32 Å². The van der Waals surface area contributed by atoms with Gasteiger partial charge in [-0.25, -0.2) is 8.42 Å². The summed E-state index contributed by atoms with van der Waals surface area (Å²) in [6.07, 6.45) is 0. The molecule has 1 aliphatic heterocycles. The Hall–Kier alpha value is -1.93. The molecule has 25 heavy (non-hydrogen) atoms. The maximum Gasteiger partial charge on any atom is 0.244 e. The first kappa shape index (κ1) is 19.4. The highest BCUT2D eigenvalue weighted by Gasteiger charge is 2.31. The lowest BCUT2D eigenvalue weighted by atomic mass is 10.1. The van der Waals surface area contributed by atoms with E-state index in [0.29, 0.717) is 13.1 Å². The highest BCUT2D eigenvalue weighted by atomic mass is 32.2. The summed E-state index contributed by atoms with van der Waals surface area (Å²) >= 11 is 0. The molecule has 2 rings (SSSR count). The van der Waals surface area contributed by atoms with Crippen LogP contribution in [0.5, 0.6) is 0 Å². The lowest BCUT2D eigenvalue weighted by Crippen LogP contribution is -2.54. The number of carbonyl (C=O) groups is 2. The van der Waals surface area contributed by atoms with Crippen molar-refractivity contribution in [1.29, 1.82) is 0 Å². The minimum atomic E-state index is -3.56. The predicted octanol–water partition coefficient (Wildman–Crippen LogP) is 0.661. The molecular weight excluding hydrogens is 342 g/mol. The number of nitrogens with one attached hydrogen (secondary N) is 1. The van der Waals surface area contributed by atoms with Gasteiger partial charge in [0.1, 0.15) is 6.04 Å². The third-order valence-electron chi connectivity index (χ3n) is 4.46. The average Bonchev–Trinajstić information content (AvgIpc) is 2.56. The van der Waals surface area contributed by atoms with Gasteiger partial charge in [-0.15, -0.1) is 0 Å². The number of carbonyl (C=O) groups excluding carboxylic acids is 2. The van der Waals surface area contributed by atoms with Crippen molar-refractivity contribution in [2.24, 2.45) is 0 Å². The third kappa shape index (κ3) is 4.38. The molecule has 0 bridgehead atoms. The monoisotopic (exact) mass is 367 g/mol. The van der Waals surface area contributed by atoms with Crippen molar-refractivity contribution in [2.45, 2.75) is 38.6 Å². The Bertz CT molecular complexity index is 768. The lowest BCUT2D eigenvalue weighted by Gasteiger charge is -2.35. The van der Waals surface area contributed by atoms with Crippen LogP contribution in [0.1, 0.15) is 25.0 Å². The first-order chi connectivity index (χ1) is 11.6. The van der Waals surface area contributed by atoms with Crippen LogP contribution in [0.3, 0.4) is 0 Å². The molecule has 0 spiro atoms. The largest absolute Gasteiger partial charge is 0.345 e. The number of nitrogens with zero attached hydrogens (tertiary/aromatic N) is 2. The normalized spacial score (nSPS) is 17.2. The highest BCUT2D eigenvalue weighted by Crippen LogP contribution is 2.20. The van der Waals surface area contributed by atoms with Crippen molar-refractivity contribution in [1.82, 2.24) is 14.5 Å². The number of amides is 2. The summed E-state index contributed by atoms with van der Waals surface area (Å²) < 4.78 is 27.0. The summed E-state index contributed by atoms with van der Waals surface area (Å²) in [7, 11) is -3.56. The van der Waals surface area contributed by atoms with Crippen LogP contribution in [0.15, 0.2) is 23.1 Å². The molecule has 1 N–H and O–H groups in total. The van der Waals surface area contributed by atoms with Crippen LogP contribution >= 0.6 is 0 Å². The van der Waals surface area contributed by atoms with Crippen molar-refractivity contribution in [3.8, 4) is 0 Å². The summed E-state index contributed by atoms with van der Waals surface area (Å²) in [5.74, 6) is -0.463. The van der Waals surface area contributed by atoms with E-state index in [1.165, 1.54) is 11.2 Å². The zero-order valence-corrected chi connectivity index (χ0v) is 15.9. The molecule has 1 heterocycles. The fourth-order valence-corrected chi connectivity index (χ4v) is 4.32. The van der Waals surface area contributed by atoms with E-state index in [4.69, 9.17) is 0 Å². The van der Waals surface area contributed by atoms with Gasteiger partial charge in [0.05, 0.1) is 4.90 Å². The first-order valence-corrected chi connectivity index (χ1v) is 9.70. The topological polar surface area (TPSA) is 86.8 Å². The van der Waals surface area contributed by atoms with Crippen molar-refractivity contribution in [2.75, 3.05) is 26.2 Å². The molecule has 1 unspecified atom stereocenters. The summed E-state index contributed by atoms with van der Waals surface area (Å²) in [6, 6.07) is 4.49. The van der Waals surface area contributed by atoms with Crippen molar-refractivity contribution in [3.63, 3.8) is 0 Å². The molecule has 0 radical (unpaired) electrons. The van der Waals surface area contributed by atoms with Gasteiger partial charge in [-0.1, -0.05) is 6.07 Å². The second-order valence-corrected chi connectivity index (χ2v) is 8.34. The summed E-state index contributed by atoms with van der Waals surface area (Å²) in [5, 5.41) is 2.56. The van der Waals surface area contributed by atoms with Crippen LogP contribution in [-0.2, 0) is 19.6 Å². The van der Waals surface area contributed by atoms with Crippen molar-refractivity contribution in [3.05, 3.63) is 29.3 Å². The van der Waals surface area contributed by atoms with Gasteiger partial charge in [-0.3, -0.25) is 9.59 Å². The van der Waals surface area contributed by atoms with Crippen LogP contribution < -0.4 is 5.32 Å². The first-order valence-electron chi connectivity index (χ1n) is 8.26. The van der Waals surface area contributed by atoms with Gasteiger partial charge in [-0.2, -0.15) is 4.31 Å². The number of aryl methyl sites for hydroxylation is 2. The van der Waals surface area contributed by atoms with Gasteiger partial charge in [0.25, 0.3) is 0 Å². The Morgan fingerprint density at radius 3 is 2.20 bits per heavy atom. The summed E-state index contributed by atoms with van der Waals surface area (Å²) in [4.78, 5) is 25.2. The molecule has 1 saturated heterocycles. The highest BCUT2D eigenvalue weighted by molar-refractivity contribution is 7.89. The quantitative estimate of drug-likeness (QED) is 0.847. The Labute approximate surface area is 149 Å². The Morgan fingerprint density at radius 2 is 1.68 bits per heavy atom. The number of piperazine rings is 1. The van der Waals surface area contributed by atoms with Crippen molar-refractivity contribution >= 4 is 21.8 Å². The zero-order valence-electron chi connectivity index (χ0n) is 15.1. The molecule has 1 aromatic carbocycles. The maximum atomic E-state index is 12.8. The smallest absolute Gasteiger partial charge is 0.244 e. The number of benzene rings is 1. The molecule has 7 nitrogen and oxygen atoms in total. The van der Waals surface area contributed by atoms with Crippen LogP contribution in [0, 0.1) is 13.8 Å². The molecule has 138 valence electrons. The molecule has 0 saturated carbocycles. The summed E-state index contributed by atoms with van der Waals surface area (Å²) in [5.41, 5.74) is 1.97. The Morgan fingerprint density at radius 1 is 1.08 bits per heavy atom. The SMILES string of the molecule is CC(=O)NC(C)C(=O)N1CCN(S(=O)(=O)c2ccc(C)c(C)c2)CC1. The third-order valence-corrected chi connectivity index (χ3v) is 6.35.